The van der Waals surface area contributed by atoms with E-state index < -0.39 is 0 Å². The smallest absolute Gasteiger partial charge is 0.227 e. The van der Waals surface area contributed by atoms with Crippen LogP contribution < -0.4 is 16.0 Å². The Hall–Kier alpha value is -2.11. The third-order valence-electron chi connectivity index (χ3n) is 2.95. The fraction of sp³-hybridized carbons (Fsp3) is 0.562. The van der Waals surface area contributed by atoms with E-state index in [1.807, 2.05) is 19.9 Å². The van der Waals surface area contributed by atoms with Crippen LogP contribution in [0.4, 0.5) is 5.82 Å². The van der Waals surface area contributed by atoms with Gasteiger partial charge >= 0.3 is 0 Å². The standard InChI is InChI=1S/C16H27N5O/c1-4-6-10-18-16(17-5-2)19-11-9-15(22)21-14-8-7-13(3)12-20-14/h7-8,12H,4-6,9-11H2,1-3H3,(H2,17,18,19)(H,20,21,22). The number of guanidine groups is 1. The van der Waals surface area contributed by atoms with Gasteiger partial charge in [0.1, 0.15) is 5.82 Å². The lowest BCUT2D eigenvalue weighted by atomic mass is 10.3. The molecule has 0 aliphatic carbocycles. The lowest BCUT2D eigenvalue weighted by molar-refractivity contribution is -0.116. The van der Waals surface area contributed by atoms with Gasteiger partial charge in [-0.25, -0.2) is 4.98 Å². The molecule has 1 heterocycles. The van der Waals surface area contributed by atoms with Gasteiger partial charge in [-0.05, 0) is 31.9 Å². The summed E-state index contributed by atoms with van der Waals surface area (Å²) >= 11 is 0. The number of anilines is 1. The zero-order valence-electron chi connectivity index (χ0n) is 13.8. The summed E-state index contributed by atoms with van der Waals surface area (Å²) < 4.78 is 0. The third-order valence-corrected chi connectivity index (χ3v) is 2.95. The number of hydrogen-bond acceptors (Lipinski definition) is 3. The SMILES string of the molecule is CCCCN=C(NCC)NCCC(=O)Nc1ccc(C)cn1. The third kappa shape index (κ3) is 7.61. The Morgan fingerprint density at radius 1 is 1.27 bits per heavy atom. The number of aliphatic imine (C=N–C) groups is 1. The maximum atomic E-state index is 11.8. The topological polar surface area (TPSA) is 78.4 Å². The van der Waals surface area contributed by atoms with Gasteiger partial charge in [0.2, 0.25) is 5.91 Å². The molecule has 0 aliphatic rings. The maximum Gasteiger partial charge on any atom is 0.227 e. The summed E-state index contributed by atoms with van der Waals surface area (Å²) in [5.74, 6) is 1.28. The normalized spacial score (nSPS) is 11.1. The molecule has 22 heavy (non-hydrogen) atoms. The van der Waals surface area contributed by atoms with Crippen LogP contribution >= 0.6 is 0 Å². The zero-order valence-corrected chi connectivity index (χ0v) is 13.8. The van der Waals surface area contributed by atoms with Crippen molar-refractivity contribution in [2.45, 2.75) is 40.0 Å². The van der Waals surface area contributed by atoms with Crippen LogP contribution in [0.25, 0.3) is 0 Å². The molecular weight excluding hydrogens is 278 g/mol. The van der Waals surface area contributed by atoms with Gasteiger partial charge in [0.25, 0.3) is 0 Å². The molecule has 3 N–H and O–H groups in total. The molecule has 0 unspecified atom stereocenters. The molecule has 0 spiro atoms. The molecule has 6 nitrogen and oxygen atoms in total. The molecule has 1 aromatic heterocycles. The number of aryl methyl sites for hydroxylation is 1. The molecule has 122 valence electrons. The number of pyridine rings is 1. The van der Waals surface area contributed by atoms with Crippen LogP contribution in [0.5, 0.6) is 0 Å². The van der Waals surface area contributed by atoms with E-state index in [9.17, 15) is 4.79 Å². The van der Waals surface area contributed by atoms with Crippen molar-refractivity contribution < 1.29 is 4.79 Å². The highest BCUT2D eigenvalue weighted by atomic mass is 16.1. The van der Waals surface area contributed by atoms with Gasteiger partial charge in [0.15, 0.2) is 5.96 Å². The predicted molar refractivity (Wildman–Crippen MR) is 91.1 cm³/mol. The molecule has 0 saturated heterocycles. The van der Waals surface area contributed by atoms with Crippen molar-refractivity contribution in [1.82, 2.24) is 15.6 Å². The van der Waals surface area contributed by atoms with E-state index in [4.69, 9.17) is 0 Å². The van der Waals surface area contributed by atoms with E-state index in [0.717, 1.165) is 37.5 Å². The van der Waals surface area contributed by atoms with Crippen LogP contribution in [0.3, 0.4) is 0 Å². The average Bonchev–Trinajstić information content (AvgIpc) is 2.50. The Bertz CT molecular complexity index is 470. The second kappa shape index (κ2) is 10.6. The molecule has 0 aliphatic heterocycles. The van der Waals surface area contributed by atoms with Crippen LogP contribution in [0.1, 0.15) is 38.7 Å². The number of carbonyl (C=O) groups excluding carboxylic acids is 1. The number of rotatable bonds is 8. The fourth-order valence-corrected chi connectivity index (χ4v) is 1.73. The maximum absolute atomic E-state index is 11.8. The Morgan fingerprint density at radius 2 is 2.09 bits per heavy atom. The molecule has 1 aromatic rings. The van der Waals surface area contributed by atoms with Crippen molar-refractivity contribution >= 4 is 17.7 Å². The van der Waals surface area contributed by atoms with E-state index in [1.165, 1.54) is 0 Å². The van der Waals surface area contributed by atoms with Crippen molar-refractivity contribution in [3.8, 4) is 0 Å². The largest absolute Gasteiger partial charge is 0.357 e. The first-order chi connectivity index (χ1) is 10.7. The van der Waals surface area contributed by atoms with Crippen molar-refractivity contribution in [3.63, 3.8) is 0 Å². The number of unbranched alkanes of at least 4 members (excludes halogenated alkanes) is 1. The number of aromatic nitrogens is 1. The summed E-state index contributed by atoms with van der Waals surface area (Å²) in [5.41, 5.74) is 1.07. The van der Waals surface area contributed by atoms with E-state index >= 15 is 0 Å². The van der Waals surface area contributed by atoms with Crippen molar-refractivity contribution in [2.24, 2.45) is 4.99 Å². The molecule has 0 radical (unpaired) electrons. The van der Waals surface area contributed by atoms with Crippen molar-refractivity contribution in [2.75, 3.05) is 25.0 Å². The highest BCUT2D eigenvalue weighted by molar-refractivity contribution is 5.90. The molecule has 0 saturated carbocycles. The number of nitrogens with zero attached hydrogens (tertiary/aromatic N) is 2. The first-order valence-corrected chi connectivity index (χ1v) is 7.90. The van der Waals surface area contributed by atoms with Gasteiger partial charge in [0, 0.05) is 32.3 Å². The number of amides is 1. The Labute approximate surface area is 132 Å². The van der Waals surface area contributed by atoms with Gasteiger partial charge in [-0.1, -0.05) is 19.4 Å². The van der Waals surface area contributed by atoms with Gasteiger partial charge in [-0.3, -0.25) is 9.79 Å². The van der Waals surface area contributed by atoms with Crippen LogP contribution in [0.15, 0.2) is 23.3 Å². The van der Waals surface area contributed by atoms with E-state index in [2.05, 4.69) is 32.9 Å². The van der Waals surface area contributed by atoms with Crippen LogP contribution in [0, 0.1) is 6.92 Å². The highest BCUT2D eigenvalue weighted by Gasteiger charge is 2.04. The predicted octanol–water partition coefficient (Wildman–Crippen LogP) is 2.07. The summed E-state index contributed by atoms with van der Waals surface area (Å²) in [6.45, 7) is 8.26. The molecular formula is C16H27N5O. The van der Waals surface area contributed by atoms with Gasteiger partial charge < -0.3 is 16.0 Å². The summed E-state index contributed by atoms with van der Waals surface area (Å²) in [6, 6.07) is 3.72. The van der Waals surface area contributed by atoms with Crippen molar-refractivity contribution in [3.05, 3.63) is 23.9 Å². The summed E-state index contributed by atoms with van der Waals surface area (Å²) in [6.07, 6.45) is 4.29. The Kier molecular flexibility index (Phi) is 8.64. The number of nitrogens with one attached hydrogen (secondary N) is 3. The molecule has 0 aromatic carbocycles. The van der Waals surface area contributed by atoms with E-state index in [1.54, 1.807) is 12.3 Å². The molecule has 0 bridgehead atoms. The minimum Gasteiger partial charge on any atom is -0.357 e. The second-order valence-corrected chi connectivity index (χ2v) is 5.06. The molecule has 0 fully saturated rings. The van der Waals surface area contributed by atoms with Gasteiger partial charge in [-0.15, -0.1) is 0 Å². The zero-order chi connectivity index (χ0) is 16.2. The quantitative estimate of drug-likeness (QED) is 0.390. The lowest BCUT2D eigenvalue weighted by Gasteiger charge is -2.11. The number of hydrogen-bond donors (Lipinski definition) is 3. The number of carbonyl (C=O) groups is 1. The van der Waals surface area contributed by atoms with Crippen molar-refractivity contribution in [1.29, 1.82) is 0 Å². The van der Waals surface area contributed by atoms with E-state index in [-0.39, 0.29) is 5.91 Å². The highest BCUT2D eigenvalue weighted by Crippen LogP contribution is 2.03. The summed E-state index contributed by atoms with van der Waals surface area (Å²) in [4.78, 5) is 20.4. The molecule has 1 rings (SSSR count). The first kappa shape index (κ1) is 17.9. The Morgan fingerprint density at radius 3 is 2.73 bits per heavy atom. The van der Waals surface area contributed by atoms with Crippen LogP contribution in [-0.4, -0.2) is 36.5 Å². The van der Waals surface area contributed by atoms with Crippen LogP contribution in [0.2, 0.25) is 0 Å². The van der Waals surface area contributed by atoms with Crippen LogP contribution in [-0.2, 0) is 4.79 Å². The second-order valence-electron chi connectivity index (χ2n) is 5.06. The van der Waals surface area contributed by atoms with Gasteiger partial charge in [-0.2, -0.15) is 0 Å². The average molecular weight is 305 g/mol. The monoisotopic (exact) mass is 305 g/mol. The molecule has 6 heteroatoms. The molecule has 0 atom stereocenters. The van der Waals surface area contributed by atoms with Gasteiger partial charge in [0.05, 0.1) is 0 Å². The Balaban J connectivity index is 2.32. The summed E-state index contributed by atoms with van der Waals surface area (Å²) in [7, 11) is 0. The molecule has 1 amide bonds. The minimum absolute atomic E-state index is 0.0618. The first-order valence-electron chi connectivity index (χ1n) is 7.90. The lowest BCUT2D eigenvalue weighted by Crippen LogP contribution is -2.38. The van der Waals surface area contributed by atoms with E-state index in [0.29, 0.717) is 18.8 Å². The minimum atomic E-state index is -0.0618. The summed E-state index contributed by atoms with van der Waals surface area (Å²) in [5, 5.41) is 9.11. The fourth-order valence-electron chi connectivity index (χ4n) is 1.73.